The number of ketones is 1. The molecule has 21 heavy (non-hydrogen) atoms. The van der Waals surface area contributed by atoms with Gasteiger partial charge in [0.25, 0.3) is 10.1 Å². The van der Waals surface area contributed by atoms with Crippen molar-refractivity contribution in [2.75, 3.05) is 0 Å². The predicted octanol–water partition coefficient (Wildman–Crippen LogP) is 2.95. The highest BCUT2D eigenvalue weighted by Crippen LogP contribution is 2.58. The van der Waals surface area contributed by atoms with Crippen LogP contribution in [0.4, 0.5) is 0 Å². The molecule has 2 unspecified atom stereocenters. The third kappa shape index (κ3) is 2.24. The molecule has 1 aromatic rings. The SMILES string of the molecule is CC1(C)C2CCC1/C(=C\c1ccc(S(=O)(=O)O)cc1)C2=O. The summed E-state index contributed by atoms with van der Waals surface area (Å²) >= 11 is 0. The maximum Gasteiger partial charge on any atom is 0.294 e. The highest BCUT2D eigenvalue weighted by Gasteiger charge is 2.55. The second kappa shape index (κ2) is 4.52. The quantitative estimate of drug-likeness (QED) is 0.673. The number of rotatable bonds is 2. The van der Waals surface area contributed by atoms with Crippen LogP contribution in [0.1, 0.15) is 32.3 Å². The molecule has 0 saturated heterocycles. The molecule has 2 atom stereocenters. The van der Waals surface area contributed by atoms with E-state index >= 15 is 0 Å². The Hall–Kier alpha value is -1.46. The number of benzene rings is 1. The van der Waals surface area contributed by atoms with Gasteiger partial charge in [0, 0.05) is 5.92 Å². The Balaban J connectivity index is 1.95. The van der Waals surface area contributed by atoms with Gasteiger partial charge < -0.3 is 0 Å². The molecule has 3 rings (SSSR count). The molecule has 2 fully saturated rings. The lowest BCUT2D eigenvalue weighted by atomic mass is 9.81. The first-order valence-corrected chi connectivity index (χ1v) is 8.48. The van der Waals surface area contributed by atoms with Crippen molar-refractivity contribution in [3.05, 3.63) is 35.4 Å². The van der Waals surface area contributed by atoms with Crippen LogP contribution >= 0.6 is 0 Å². The summed E-state index contributed by atoms with van der Waals surface area (Å²) in [6.07, 6.45) is 3.87. The number of fused-ring (bicyclic) bond motifs is 2. The van der Waals surface area contributed by atoms with Gasteiger partial charge in [-0.05, 0) is 53.5 Å². The highest BCUT2D eigenvalue weighted by atomic mass is 32.2. The zero-order valence-corrected chi connectivity index (χ0v) is 12.9. The molecule has 1 N–H and O–H groups in total. The Bertz CT molecular complexity index is 726. The van der Waals surface area contributed by atoms with Crippen molar-refractivity contribution >= 4 is 22.0 Å². The van der Waals surface area contributed by atoms with E-state index in [1.54, 1.807) is 12.1 Å². The molecular formula is C16H18O4S. The fourth-order valence-electron chi connectivity index (χ4n) is 3.81. The molecule has 5 heteroatoms. The van der Waals surface area contributed by atoms with Crippen LogP contribution in [0.15, 0.2) is 34.7 Å². The number of carbonyl (C=O) groups is 1. The smallest absolute Gasteiger partial charge is 0.294 e. The van der Waals surface area contributed by atoms with Crippen molar-refractivity contribution in [2.45, 2.75) is 31.6 Å². The summed E-state index contributed by atoms with van der Waals surface area (Å²) in [6.45, 7) is 4.30. The van der Waals surface area contributed by atoms with Crippen LogP contribution in [0, 0.1) is 17.3 Å². The second-order valence-electron chi connectivity index (χ2n) is 6.51. The largest absolute Gasteiger partial charge is 0.294 e. The molecule has 2 aliphatic rings. The maximum absolute atomic E-state index is 12.4. The average molecular weight is 306 g/mol. The van der Waals surface area contributed by atoms with Crippen molar-refractivity contribution in [3.63, 3.8) is 0 Å². The minimum atomic E-state index is -4.17. The lowest BCUT2D eigenvalue weighted by molar-refractivity contribution is -0.119. The number of hydrogen-bond acceptors (Lipinski definition) is 3. The maximum atomic E-state index is 12.4. The molecule has 0 heterocycles. The molecule has 2 aliphatic carbocycles. The minimum Gasteiger partial charge on any atom is -0.294 e. The van der Waals surface area contributed by atoms with Crippen molar-refractivity contribution in [3.8, 4) is 0 Å². The van der Waals surface area contributed by atoms with Gasteiger partial charge in [0.2, 0.25) is 0 Å². The first-order valence-electron chi connectivity index (χ1n) is 7.04. The van der Waals surface area contributed by atoms with Gasteiger partial charge in [-0.3, -0.25) is 9.35 Å². The Morgan fingerprint density at radius 2 is 1.71 bits per heavy atom. The fraction of sp³-hybridized carbons (Fsp3) is 0.438. The van der Waals surface area contributed by atoms with Gasteiger partial charge in [0.15, 0.2) is 5.78 Å². The fourth-order valence-corrected chi connectivity index (χ4v) is 4.29. The van der Waals surface area contributed by atoms with Crippen LogP contribution in [-0.2, 0) is 14.9 Å². The van der Waals surface area contributed by atoms with Gasteiger partial charge in [0.05, 0.1) is 4.90 Å². The van der Waals surface area contributed by atoms with E-state index < -0.39 is 10.1 Å². The zero-order chi connectivity index (χ0) is 15.4. The van der Waals surface area contributed by atoms with Gasteiger partial charge in [-0.1, -0.05) is 26.0 Å². The Morgan fingerprint density at radius 3 is 2.19 bits per heavy atom. The first-order chi connectivity index (χ1) is 9.71. The van der Waals surface area contributed by atoms with Gasteiger partial charge >= 0.3 is 0 Å². The van der Waals surface area contributed by atoms with E-state index in [-0.39, 0.29) is 27.9 Å². The van der Waals surface area contributed by atoms with E-state index in [0.29, 0.717) is 0 Å². The van der Waals surface area contributed by atoms with Crippen molar-refractivity contribution in [2.24, 2.45) is 17.3 Å². The topological polar surface area (TPSA) is 71.4 Å². The van der Waals surface area contributed by atoms with E-state index in [4.69, 9.17) is 4.55 Å². The summed E-state index contributed by atoms with van der Waals surface area (Å²) in [5.74, 6) is 0.636. The summed E-state index contributed by atoms with van der Waals surface area (Å²) in [6, 6.07) is 5.93. The molecule has 1 aromatic carbocycles. The van der Waals surface area contributed by atoms with Crippen molar-refractivity contribution in [1.29, 1.82) is 0 Å². The Morgan fingerprint density at radius 1 is 1.14 bits per heavy atom. The zero-order valence-electron chi connectivity index (χ0n) is 12.0. The molecule has 112 valence electrons. The summed E-state index contributed by atoms with van der Waals surface area (Å²) in [7, 11) is -4.17. The standard InChI is InChI=1S/C16H18O4S/c1-16(2)13-7-8-14(16)15(17)12(13)9-10-3-5-11(6-4-10)21(18,19)20/h3-6,9,13-14H,7-8H2,1-2H3,(H,18,19,20)/b12-9+. The van der Waals surface area contributed by atoms with E-state index in [1.165, 1.54) is 12.1 Å². The third-order valence-corrected chi connectivity index (χ3v) is 5.88. The highest BCUT2D eigenvalue weighted by molar-refractivity contribution is 7.85. The Kier molecular flexibility index (Phi) is 3.11. The first kappa shape index (κ1) is 14.5. The molecule has 4 nitrogen and oxygen atoms in total. The van der Waals surface area contributed by atoms with Crippen LogP contribution in [-0.4, -0.2) is 18.8 Å². The van der Waals surface area contributed by atoms with Crippen molar-refractivity contribution < 1.29 is 17.8 Å². The predicted molar refractivity (Wildman–Crippen MR) is 79.2 cm³/mol. The van der Waals surface area contributed by atoms with Gasteiger partial charge in [-0.15, -0.1) is 0 Å². The normalized spacial score (nSPS) is 29.3. The number of Topliss-reactive ketones (excluding diaryl/α,β-unsaturated/α-hetero) is 1. The third-order valence-electron chi connectivity index (χ3n) is 5.02. The molecule has 2 saturated carbocycles. The van der Waals surface area contributed by atoms with E-state index in [0.717, 1.165) is 24.0 Å². The van der Waals surface area contributed by atoms with Gasteiger partial charge in [0.1, 0.15) is 0 Å². The van der Waals surface area contributed by atoms with Gasteiger partial charge in [-0.25, -0.2) is 0 Å². The van der Waals surface area contributed by atoms with E-state index in [1.807, 2.05) is 6.08 Å². The minimum absolute atomic E-state index is 0.0251. The number of allylic oxidation sites excluding steroid dienone is 1. The summed E-state index contributed by atoms with van der Waals surface area (Å²) in [5, 5.41) is 0. The van der Waals surface area contributed by atoms with Gasteiger partial charge in [-0.2, -0.15) is 8.42 Å². The Labute approximate surface area is 124 Å². The van der Waals surface area contributed by atoms with E-state index in [9.17, 15) is 13.2 Å². The molecule has 0 radical (unpaired) electrons. The van der Waals surface area contributed by atoms with E-state index in [2.05, 4.69) is 13.8 Å². The molecule has 0 aromatic heterocycles. The van der Waals surface area contributed by atoms with Crippen LogP contribution in [0.3, 0.4) is 0 Å². The molecule has 2 bridgehead atoms. The number of carbonyl (C=O) groups excluding carboxylic acids is 1. The lowest BCUT2D eigenvalue weighted by Gasteiger charge is -2.22. The summed E-state index contributed by atoms with van der Waals surface area (Å²) in [5.41, 5.74) is 1.67. The van der Waals surface area contributed by atoms with Crippen LogP contribution in [0.2, 0.25) is 0 Å². The lowest BCUT2D eigenvalue weighted by Crippen LogP contribution is -2.19. The number of hydrogen-bond donors (Lipinski definition) is 1. The molecule has 0 aliphatic heterocycles. The summed E-state index contributed by atoms with van der Waals surface area (Å²) in [4.78, 5) is 12.3. The monoisotopic (exact) mass is 306 g/mol. The van der Waals surface area contributed by atoms with Crippen LogP contribution in [0.25, 0.3) is 6.08 Å². The van der Waals surface area contributed by atoms with Crippen molar-refractivity contribution in [1.82, 2.24) is 0 Å². The average Bonchev–Trinajstić information content (AvgIpc) is 2.77. The van der Waals surface area contributed by atoms with Crippen LogP contribution < -0.4 is 0 Å². The second-order valence-corrected chi connectivity index (χ2v) is 7.93. The molecule has 0 amide bonds. The molecular weight excluding hydrogens is 288 g/mol. The van der Waals surface area contributed by atoms with Crippen LogP contribution in [0.5, 0.6) is 0 Å². The summed E-state index contributed by atoms with van der Waals surface area (Å²) < 4.78 is 31.0. The molecule has 0 spiro atoms.